The third-order valence-corrected chi connectivity index (χ3v) is 4.72. The van der Waals surface area contributed by atoms with Crippen molar-refractivity contribution in [2.75, 3.05) is 26.6 Å². The largest absolute Gasteiger partial charge is 0.493 e. The molecule has 0 bridgehead atoms. The molecule has 1 N–H and O–H groups in total. The van der Waals surface area contributed by atoms with Crippen molar-refractivity contribution in [3.63, 3.8) is 0 Å². The highest BCUT2D eigenvalue weighted by Gasteiger charge is 2.42. The predicted octanol–water partition coefficient (Wildman–Crippen LogP) is 2.86. The molecule has 1 aliphatic rings. The molecule has 0 aromatic heterocycles. The summed E-state index contributed by atoms with van der Waals surface area (Å²) < 4.78 is 10.5. The van der Waals surface area contributed by atoms with E-state index in [0.29, 0.717) is 17.2 Å². The maximum atomic E-state index is 12.9. The summed E-state index contributed by atoms with van der Waals surface area (Å²) in [7, 11) is 4.84. The lowest BCUT2D eigenvalue weighted by Gasteiger charge is -2.25. The quantitative estimate of drug-likeness (QED) is 0.896. The van der Waals surface area contributed by atoms with Crippen molar-refractivity contribution >= 4 is 17.5 Å². The summed E-state index contributed by atoms with van der Waals surface area (Å²) in [5, 5.41) is 2.90. The van der Waals surface area contributed by atoms with Crippen LogP contribution in [0.15, 0.2) is 48.5 Å². The molecule has 0 aliphatic carbocycles. The molecule has 2 amide bonds. The fraction of sp³-hybridized carbons (Fsp3) is 0.300. The molecule has 136 valence electrons. The van der Waals surface area contributed by atoms with Gasteiger partial charge in [0.2, 0.25) is 11.8 Å². The molecule has 1 aliphatic heterocycles. The second-order valence-electron chi connectivity index (χ2n) is 6.23. The highest BCUT2D eigenvalue weighted by atomic mass is 16.5. The molecule has 6 nitrogen and oxygen atoms in total. The van der Waals surface area contributed by atoms with Gasteiger partial charge in [0, 0.05) is 25.2 Å². The number of nitrogens with zero attached hydrogens (tertiary/aromatic N) is 1. The Bertz CT molecular complexity index is 807. The van der Waals surface area contributed by atoms with Crippen molar-refractivity contribution in [1.29, 1.82) is 0 Å². The third-order valence-electron chi connectivity index (χ3n) is 4.72. The number of carbonyl (C=O) groups is 2. The lowest BCUT2D eigenvalue weighted by molar-refractivity contribution is -0.127. The van der Waals surface area contributed by atoms with Crippen molar-refractivity contribution in [3.8, 4) is 11.5 Å². The summed E-state index contributed by atoms with van der Waals surface area (Å²) in [5.41, 5.74) is 1.55. The fourth-order valence-corrected chi connectivity index (χ4v) is 3.36. The Balaban J connectivity index is 1.83. The molecule has 1 saturated heterocycles. The number of amides is 2. The van der Waals surface area contributed by atoms with Gasteiger partial charge in [0.25, 0.3) is 0 Å². The van der Waals surface area contributed by atoms with E-state index in [0.717, 1.165) is 5.56 Å². The predicted molar refractivity (Wildman–Crippen MR) is 98.2 cm³/mol. The zero-order valence-corrected chi connectivity index (χ0v) is 15.1. The van der Waals surface area contributed by atoms with Crippen molar-refractivity contribution in [2.45, 2.75) is 12.5 Å². The minimum atomic E-state index is -0.456. The van der Waals surface area contributed by atoms with Crippen LogP contribution >= 0.6 is 0 Å². The maximum Gasteiger partial charge on any atom is 0.230 e. The Morgan fingerprint density at radius 2 is 1.77 bits per heavy atom. The molecule has 0 saturated carbocycles. The summed E-state index contributed by atoms with van der Waals surface area (Å²) in [4.78, 5) is 26.7. The van der Waals surface area contributed by atoms with E-state index in [1.807, 2.05) is 30.3 Å². The molecule has 3 rings (SSSR count). The zero-order chi connectivity index (χ0) is 18.7. The van der Waals surface area contributed by atoms with E-state index in [-0.39, 0.29) is 24.3 Å². The van der Waals surface area contributed by atoms with Gasteiger partial charge < -0.3 is 19.7 Å². The number of carbonyl (C=O) groups excluding carboxylic acids is 2. The standard InChI is InChI=1S/C20H22N2O4/c1-22-18(23)12-15(19(22)13-7-5-4-6-8-13)20(24)21-14-9-10-16(25-2)17(11-14)26-3/h4-11,15,19H,12H2,1-3H3,(H,21,24)/t15-,19+/m0/s1. The molecule has 2 aromatic carbocycles. The van der Waals surface area contributed by atoms with Crippen LogP contribution in [-0.4, -0.2) is 38.0 Å². The number of ether oxygens (including phenoxy) is 2. The van der Waals surface area contributed by atoms with Gasteiger partial charge in [-0.2, -0.15) is 0 Å². The van der Waals surface area contributed by atoms with Crippen molar-refractivity contribution < 1.29 is 19.1 Å². The molecular formula is C20H22N2O4. The molecule has 0 unspecified atom stereocenters. The Morgan fingerprint density at radius 1 is 1.08 bits per heavy atom. The van der Waals surface area contributed by atoms with Crippen LogP contribution in [0.3, 0.4) is 0 Å². The van der Waals surface area contributed by atoms with Gasteiger partial charge in [-0.25, -0.2) is 0 Å². The minimum Gasteiger partial charge on any atom is -0.493 e. The molecule has 1 fully saturated rings. The number of hydrogen-bond donors (Lipinski definition) is 1. The number of hydrogen-bond acceptors (Lipinski definition) is 4. The monoisotopic (exact) mass is 354 g/mol. The van der Waals surface area contributed by atoms with Gasteiger partial charge in [-0.3, -0.25) is 9.59 Å². The number of rotatable bonds is 5. The number of likely N-dealkylation sites (tertiary alicyclic amines) is 1. The molecule has 1 heterocycles. The van der Waals surface area contributed by atoms with Crippen LogP contribution in [-0.2, 0) is 9.59 Å². The Morgan fingerprint density at radius 3 is 2.42 bits per heavy atom. The first-order chi connectivity index (χ1) is 12.5. The van der Waals surface area contributed by atoms with Gasteiger partial charge >= 0.3 is 0 Å². The van der Waals surface area contributed by atoms with Gasteiger partial charge in [0.1, 0.15) is 0 Å². The van der Waals surface area contributed by atoms with Gasteiger partial charge in [-0.1, -0.05) is 30.3 Å². The van der Waals surface area contributed by atoms with E-state index in [4.69, 9.17) is 9.47 Å². The van der Waals surface area contributed by atoms with Crippen LogP contribution in [0.4, 0.5) is 5.69 Å². The Kier molecular flexibility index (Phi) is 5.11. The first-order valence-electron chi connectivity index (χ1n) is 8.38. The Labute approximate surface area is 152 Å². The van der Waals surface area contributed by atoms with Crippen LogP contribution < -0.4 is 14.8 Å². The summed E-state index contributed by atoms with van der Waals surface area (Å²) in [6.45, 7) is 0. The van der Waals surface area contributed by atoms with E-state index in [2.05, 4.69) is 5.32 Å². The maximum absolute atomic E-state index is 12.9. The number of nitrogens with one attached hydrogen (secondary N) is 1. The first kappa shape index (κ1) is 17.8. The number of methoxy groups -OCH3 is 2. The normalized spacial score (nSPS) is 19.3. The van der Waals surface area contributed by atoms with E-state index in [1.165, 1.54) is 0 Å². The van der Waals surface area contributed by atoms with Crippen LogP contribution in [0.1, 0.15) is 18.0 Å². The van der Waals surface area contributed by atoms with Crippen molar-refractivity contribution in [2.24, 2.45) is 5.92 Å². The lowest BCUT2D eigenvalue weighted by atomic mass is 9.93. The van der Waals surface area contributed by atoms with E-state index in [9.17, 15) is 9.59 Å². The summed E-state index contributed by atoms with van der Waals surface area (Å²) >= 11 is 0. The zero-order valence-electron chi connectivity index (χ0n) is 15.1. The topological polar surface area (TPSA) is 67.9 Å². The summed E-state index contributed by atoms with van der Waals surface area (Å²) in [6.07, 6.45) is 0.190. The van der Waals surface area contributed by atoms with E-state index < -0.39 is 5.92 Å². The second kappa shape index (κ2) is 7.47. The smallest absolute Gasteiger partial charge is 0.230 e. The van der Waals surface area contributed by atoms with Crippen LogP contribution in [0, 0.1) is 5.92 Å². The number of benzene rings is 2. The number of anilines is 1. The summed E-state index contributed by atoms with van der Waals surface area (Å²) in [5.74, 6) is 0.436. The minimum absolute atomic E-state index is 0.0358. The fourth-order valence-electron chi connectivity index (χ4n) is 3.36. The van der Waals surface area contributed by atoms with Crippen LogP contribution in [0.2, 0.25) is 0 Å². The highest BCUT2D eigenvalue weighted by Crippen LogP contribution is 2.38. The van der Waals surface area contributed by atoms with Gasteiger partial charge in [0.05, 0.1) is 26.2 Å². The SMILES string of the molecule is COc1ccc(NC(=O)[C@H]2CC(=O)N(C)[C@@H]2c2ccccc2)cc1OC. The Hall–Kier alpha value is -3.02. The van der Waals surface area contributed by atoms with Crippen molar-refractivity contribution in [1.82, 2.24) is 4.90 Å². The molecule has 26 heavy (non-hydrogen) atoms. The molecule has 6 heteroatoms. The molecule has 2 aromatic rings. The van der Waals surface area contributed by atoms with Crippen LogP contribution in [0.5, 0.6) is 11.5 Å². The van der Waals surface area contributed by atoms with Gasteiger partial charge in [-0.15, -0.1) is 0 Å². The third kappa shape index (κ3) is 3.35. The molecule has 0 radical (unpaired) electrons. The molecular weight excluding hydrogens is 332 g/mol. The molecule has 2 atom stereocenters. The average Bonchev–Trinajstić information content (AvgIpc) is 2.97. The average molecular weight is 354 g/mol. The highest BCUT2D eigenvalue weighted by molar-refractivity contribution is 5.98. The van der Waals surface area contributed by atoms with Gasteiger partial charge in [-0.05, 0) is 17.7 Å². The van der Waals surface area contributed by atoms with E-state index >= 15 is 0 Å². The van der Waals surface area contributed by atoms with Crippen LogP contribution in [0.25, 0.3) is 0 Å². The second-order valence-corrected chi connectivity index (χ2v) is 6.23. The summed E-state index contributed by atoms with van der Waals surface area (Å²) in [6, 6.07) is 14.5. The lowest BCUT2D eigenvalue weighted by Crippen LogP contribution is -2.30. The van der Waals surface area contributed by atoms with Gasteiger partial charge in [0.15, 0.2) is 11.5 Å². The first-order valence-corrected chi connectivity index (χ1v) is 8.38. The van der Waals surface area contributed by atoms with Crippen molar-refractivity contribution in [3.05, 3.63) is 54.1 Å². The van der Waals surface area contributed by atoms with E-state index in [1.54, 1.807) is 44.4 Å². The molecule has 0 spiro atoms.